The van der Waals surface area contributed by atoms with Gasteiger partial charge in [0.15, 0.2) is 0 Å². The molecule has 0 saturated heterocycles. The predicted molar refractivity (Wildman–Crippen MR) is 63.1 cm³/mol. The highest BCUT2D eigenvalue weighted by Gasteiger charge is 2.38. The number of furan rings is 1. The molecule has 3 nitrogen and oxygen atoms in total. The number of methoxy groups -OCH3 is 1. The van der Waals surface area contributed by atoms with Gasteiger partial charge in [-0.25, -0.2) is 0 Å². The summed E-state index contributed by atoms with van der Waals surface area (Å²) in [6.45, 7) is 0. The zero-order valence-electron chi connectivity index (χ0n) is 9.95. The molecule has 3 heteroatoms. The molecule has 1 unspecified atom stereocenters. The van der Waals surface area contributed by atoms with Crippen LogP contribution in [0.4, 0.5) is 0 Å². The molecular weight excluding hydrogens is 202 g/mol. The van der Waals surface area contributed by atoms with E-state index in [1.165, 1.54) is 25.7 Å². The van der Waals surface area contributed by atoms with Crippen LogP contribution >= 0.6 is 0 Å². The molecule has 2 rings (SSSR count). The van der Waals surface area contributed by atoms with Gasteiger partial charge < -0.3 is 14.9 Å². The molecule has 0 bridgehead atoms. The van der Waals surface area contributed by atoms with E-state index in [0.717, 1.165) is 18.4 Å². The van der Waals surface area contributed by atoms with Crippen molar-refractivity contribution in [3.8, 4) is 0 Å². The standard InChI is InChI=1S/C13H21NO2/c1-15-13(7-4-2-3-5-8-13)12(14)11-6-9-16-10-11/h6,9-10,12H,2-5,7-8,14H2,1H3. The van der Waals surface area contributed by atoms with Gasteiger partial charge in [-0.1, -0.05) is 25.7 Å². The van der Waals surface area contributed by atoms with E-state index in [9.17, 15) is 0 Å². The van der Waals surface area contributed by atoms with Gasteiger partial charge in [0.1, 0.15) is 0 Å². The lowest BCUT2D eigenvalue weighted by molar-refractivity contribution is -0.0443. The second-order valence-electron chi connectivity index (χ2n) is 4.72. The van der Waals surface area contributed by atoms with Crippen LogP contribution in [0.5, 0.6) is 0 Å². The summed E-state index contributed by atoms with van der Waals surface area (Å²) in [4.78, 5) is 0. The van der Waals surface area contributed by atoms with Crippen molar-refractivity contribution in [2.24, 2.45) is 5.73 Å². The monoisotopic (exact) mass is 223 g/mol. The van der Waals surface area contributed by atoms with Crippen LogP contribution < -0.4 is 5.73 Å². The fourth-order valence-electron chi connectivity index (χ4n) is 2.72. The van der Waals surface area contributed by atoms with Crippen LogP contribution in [-0.4, -0.2) is 12.7 Å². The topological polar surface area (TPSA) is 48.4 Å². The van der Waals surface area contributed by atoms with Crippen LogP contribution in [0.25, 0.3) is 0 Å². The van der Waals surface area contributed by atoms with E-state index < -0.39 is 0 Å². The van der Waals surface area contributed by atoms with Gasteiger partial charge in [0.05, 0.1) is 24.2 Å². The molecule has 0 spiro atoms. The van der Waals surface area contributed by atoms with Crippen molar-refractivity contribution in [1.29, 1.82) is 0 Å². The van der Waals surface area contributed by atoms with Gasteiger partial charge in [0.2, 0.25) is 0 Å². The van der Waals surface area contributed by atoms with Gasteiger partial charge in [-0.05, 0) is 18.9 Å². The van der Waals surface area contributed by atoms with Crippen LogP contribution in [0, 0.1) is 0 Å². The van der Waals surface area contributed by atoms with Gasteiger partial charge in [0, 0.05) is 12.7 Å². The van der Waals surface area contributed by atoms with Gasteiger partial charge in [-0.3, -0.25) is 0 Å². The summed E-state index contributed by atoms with van der Waals surface area (Å²) in [6, 6.07) is 1.87. The largest absolute Gasteiger partial charge is 0.472 e. The van der Waals surface area contributed by atoms with Gasteiger partial charge in [-0.15, -0.1) is 0 Å². The molecule has 1 heterocycles. The Hall–Kier alpha value is -0.800. The lowest BCUT2D eigenvalue weighted by Gasteiger charge is -2.36. The smallest absolute Gasteiger partial charge is 0.0951 e. The second-order valence-corrected chi connectivity index (χ2v) is 4.72. The summed E-state index contributed by atoms with van der Waals surface area (Å²) >= 11 is 0. The van der Waals surface area contributed by atoms with Crippen LogP contribution in [0.1, 0.15) is 50.1 Å². The number of hydrogen-bond donors (Lipinski definition) is 1. The van der Waals surface area contributed by atoms with Crippen LogP contribution in [0.2, 0.25) is 0 Å². The fraction of sp³-hybridized carbons (Fsp3) is 0.692. The SMILES string of the molecule is COC1(C(N)c2ccoc2)CCCCCC1. The summed E-state index contributed by atoms with van der Waals surface area (Å²) in [6.07, 6.45) is 10.5. The van der Waals surface area contributed by atoms with Gasteiger partial charge in [-0.2, -0.15) is 0 Å². The Morgan fingerprint density at radius 3 is 2.50 bits per heavy atom. The molecular formula is C13H21NO2. The number of nitrogens with two attached hydrogens (primary N) is 1. The Kier molecular flexibility index (Phi) is 3.66. The van der Waals surface area contributed by atoms with Crippen molar-refractivity contribution in [2.75, 3.05) is 7.11 Å². The Labute approximate surface area is 97.0 Å². The van der Waals surface area contributed by atoms with Crippen LogP contribution in [-0.2, 0) is 4.74 Å². The Morgan fingerprint density at radius 2 is 2.00 bits per heavy atom. The average molecular weight is 223 g/mol. The van der Waals surface area contributed by atoms with Gasteiger partial charge in [0.25, 0.3) is 0 Å². The first-order valence-electron chi connectivity index (χ1n) is 6.11. The van der Waals surface area contributed by atoms with Crippen LogP contribution in [0.15, 0.2) is 23.0 Å². The summed E-state index contributed by atoms with van der Waals surface area (Å²) in [5.41, 5.74) is 7.20. The van der Waals surface area contributed by atoms with E-state index in [4.69, 9.17) is 14.9 Å². The molecule has 16 heavy (non-hydrogen) atoms. The van der Waals surface area contributed by atoms with Crippen molar-refractivity contribution in [2.45, 2.75) is 50.2 Å². The minimum absolute atomic E-state index is 0.0747. The molecule has 1 aromatic rings. The maximum Gasteiger partial charge on any atom is 0.0951 e. The zero-order chi connectivity index (χ0) is 11.4. The third-order valence-electron chi connectivity index (χ3n) is 3.83. The van der Waals surface area contributed by atoms with Gasteiger partial charge >= 0.3 is 0 Å². The Bertz CT molecular complexity index is 300. The number of ether oxygens (including phenoxy) is 1. The second kappa shape index (κ2) is 5.02. The first-order valence-corrected chi connectivity index (χ1v) is 6.11. The first kappa shape index (κ1) is 11.7. The maximum absolute atomic E-state index is 6.34. The molecule has 1 aliphatic rings. The molecule has 2 N–H and O–H groups in total. The maximum atomic E-state index is 6.34. The minimum atomic E-state index is -0.194. The highest BCUT2D eigenvalue weighted by Crippen LogP contribution is 2.38. The molecule has 1 fully saturated rings. The zero-order valence-corrected chi connectivity index (χ0v) is 9.95. The quantitative estimate of drug-likeness (QED) is 0.801. The van der Waals surface area contributed by atoms with E-state index in [2.05, 4.69) is 0 Å². The van der Waals surface area contributed by atoms with Crippen molar-refractivity contribution >= 4 is 0 Å². The van der Waals surface area contributed by atoms with E-state index in [1.807, 2.05) is 6.07 Å². The highest BCUT2D eigenvalue weighted by atomic mass is 16.5. The number of hydrogen-bond acceptors (Lipinski definition) is 3. The van der Waals surface area contributed by atoms with Crippen molar-refractivity contribution < 1.29 is 9.15 Å². The molecule has 1 aromatic heterocycles. The van der Waals surface area contributed by atoms with Crippen molar-refractivity contribution in [1.82, 2.24) is 0 Å². The van der Waals surface area contributed by atoms with E-state index in [1.54, 1.807) is 19.6 Å². The predicted octanol–water partition coefficient (Wildman–Crippen LogP) is 3.02. The fourth-order valence-corrected chi connectivity index (χ4v) is 2.72. The summed E-state index contributed by atoms with van der Waals surface area (Å²) in [5, 5.41) is 0. The average Bonchev–Trinajstić information content (AvgIpc) is 2.73. The summed E-state index contributed by atoms with van der Waals surface area (Å²) < 4.78 is 10.9. The summed E-state index contributed by atoms with van der Waals surface area (Å²) in [7, 11) is 1.78. The van der Waals surface area contributed by atoms with Crippen molar-refractivity contribution in [3.63, 3.8) is 0 Å². The lowest BCUT2D eigenvalue weighted by atomic mass is 9.83. The molecule has 0 aromatic carbocycles. The highest BCUT2D eigenvalue weighted by molar-refractivity contribution is 5.16. The summed E-state index contributed by atoms with van der Waals surface area (Å²) in [5.74, 6) is 0. The first-order chi connectivity index (χ1) is 7.78. The normalized spacial score (nSPS) is 22.6. The Balaban J connectivity index is 2.18. The molecule has 0 radical (unpaired) electrons. The third-order valence-corrected chi connectivity index (χ3v) is 3.83. The lowest BCUT2D eigenvalue weighted by Crippen LogP contribution is -2.42. The molecule has 0 amide bonds. The molecule has 0 aliphatic heterocycles. The number of rotatable bonds is 3. The molecule has 1 saturated carbocycles. The van der Waals surface area contributed by atoms with E-state index in [0.29, 0.717) is 0 Å². The van der Waals surface area contributed by atoms with E-state index >= 15 is 0 Å². The minimum Gasteiger partial charge on any atom is -0.472 e. The Morgan fingerprint density at radius 1 is 1.31 bits per heavy atom. The molecule has 1 atom stereocenters. The van der Waals surface area contributed by atoms with Crippen molar-refractivity contribution in [3.05, 3.63) is 24.2 Å². The van der Waals surface area contributed by atoms with E-state index in [-0.39, 0.29) is 11.6 Å². The molecule has 1 aliphatic carbocycles. The third kappa shape index (κ3) is 2.15. The molecule has 90 valence electrons. The van der Waals surface area contributed by atoms with Crippen LogP contribution in [0.3, 0.4) is 0 Å².